The monoisotopic (exact) mass is 260 g/mol. The van der Waals surface area contributed by atoms with E-state index in [4.69, 9.17) is 5.73 Å². The predicted octanol–water partition coefficient (Wildman–Crippen LogP) is 3.27. The van der Waals surface area contributed by atoms with Gasteiger partial charge in [0.25, 0.3) is 0 Å². The van der Waals surface area contributed by atoms with Gasteiger partial charge in [0.05, 0.1) is 0 Å². The summed E-state index contributed by atoms with van der Waals surface area (Å²) in [6, 6.07) is 10.9. The molecule has 0 aliphatic carbocycles. The molecule has 1 fully saturated rings. The highest BCUT2D eigenvalue weighted by atomic mass is 15.1. The van der Waals surface area contributed by atoms with Crippen LogP contribution in [-0.2, 0) is 6.54 Å². The third-order valence-corrected chi connectivity index (χ3v) is 4.26. The molecule has 0 spiro atoms. The van der Waals surface area contributed by atoms with Crippen LogP contribution >= 0.6 is 0 Å². The van der Waals surface area contributed by atoms with Crippen LogP contribution in [0.2, 0.25) is 0 Å². The molecule has 2 N–H and O–H groups in total. The number of rotatable bonds is 5. The lowest BCUT2D eigenvalue weighted by Crippen LogP contribution is -2.28. The van der Waals surface area contributed by atoms with E-state index in [2.05, 4.69) is 42.2 Å². The Morgan fingerprint density at radius 3 is 2.79 bits per heavy atom. The van der Waals surface area contributed by atoms with Crippen LogP contribution < -0.4 is 5.73 Å². The number of benzene rings is 1. The molecule has 2 rings (SSSR count). The molecule has 1 aromatic rings. The SMILES string of the molecule is CC1CCN(Cc2ccccc2)CC(CCCN)C1. The molecule has 0 saturated carbocycles. The molecule has 2 nitrogen and oxygen atoms in total. The first-order chi connectivity index (χ1) is 9.28. The maximum absolute atomic E-state index is 5.66. The molecule has 1 saturated heterocycles. The summed E-state index contributed by atoms with van der Waals surface area (Å²) in [5, 5.41) is 0. The predicted molar refractivity (Wildman–Crippen MR) is 81.9 cm³/mol. The Kier molecular flexibility index (Phi) is 5.87. The number of hydrogen-bond donors (Lipinski definition) is 1. The van der Waals surface area contributed by atoms with Crippen molar-refractivity contribution in [1.29, 1.82) is 0 Å². The van der Waals surface area contributed by atoms with Crippen molar-refractivity contribution in [3.63, 3.8) is 0 Å². The topological polar surface area (TPSA) is 29.3 Å². The lowest BCUT2D eigenvalue weighted by Gasteiger charge is -2.24. The number of nitrogens with zero attached hydrogens (tertiary/aromatic N) is 1. The lowest BCUT2D eigenvalue weighted by atomic mass is 9.92. The highest BCUT2D eigenvalue weighted by Gasteiger charge is 2.21. The van der Waals surface area contributed by atoms with Gasteiger partial charge in [-0.3, -0.25) is 4.90 Å². The van der Waals surface area contributed by atoms with Gasteiger partial charge in [0, 0.05) is 13.1 Å². The van der Waals surface area contributed by atoms with Crippen LogP contribution in [0, 0.1) is 11.8 Å². The van der Waals surface area contributed by atoms with Crippen molar-refractivity contribution in [2.45, 2.75) is 39.2 Å². The zero-order chi connectivity index (χ0) is 13.5. The molecular weight excluding hydrogens is 232 g/mol. The van der Waals surface area contributed by atoms with E-state index in [-0.39, 0.29) is 0 Å². The van der Waals surface area contributed by atoms with Gasteiger partial charge in [-0.15, -0.1) is 0 Å². The summed E-state index contributed by atoms with van der Waals surface area (Å²) in [4.78, 5) is 2.64. The Bertz CT molecular complexity index is 350. The number of hydrogen-bond acceptors (Lipinski definition) is 2. The molecule has 2 atom stereocenters. The number of nitrogens with two attached hydrogens (primary N) is 1. The molecule has 0 amide bonds. The first kappa shape index (κ1) is 14.5. The van der Waals surface area contributed by atoms with Gasteiger partial charge in [-0.05, 0) is 56.2 Å². The molecule has 0 radical (unpaired) electrons. The summed E-state index contributed by atoms with van der Waals surface area (Å²) in [5.74, 6) is 1.70. The first-order valence-corrected chi connectivity index (χ1v) is 7.74. The first-order valence-electron chi connectivity index (χ1n) is 7.74. The molecule has 0 aromatic heterocycles. The minimum atomic E-state index is 0.837. The van der Waals surface area contributed by atoms with Gasteiger partial charge < -0.3 is 5.73 Å². The van der Waals surface area contributed by atoms with Crippen molar-refractivity contribution in [1.82, 2.24) is 4.90 Å². The Morgan fingerprint density at radius 2 is 2.05 bits per heavy atom. The number of likely N-dealkylation sites (tertiary alicyclic amines) is 1. The minimum absolute atomic E-state index is 0.837. The normalized spacial score (nSPS) is 25.2. The fourth-order valence-electron chi connectivity index (χ4n) is 3.22. The van der Waals surface area contributed by atoms with Crippen LogP contribution in [0.1, 0.15) is 38.2 Å². The minimum Gasteiger partial charge on any atom is -0.330 e. The zero-order valence-electron chi connectivity index (χ0n) is 12.2. The van der Waals surface area contributed by atoms with E-state index < -0.39 is 0 Å². The van der Waals surface area contributed by atoms with Crippen molar-refractivity contribution >= 4 is 0 Å². The van der Waals surface area contributed by atoms with Gasteiger partial charge in [-0.2, -0.15) is 0 Å². The molecule has 1 aromatic carbocycles. The van der Waals surface area contributed by atoms with Crippen LogP contribution in [0.4, 0.5) is 0 Å². The third kappa shape index (κ3) is 4.96. The zero-order valence-corrected chi connectivity index (χ0v) is 12.2. The fourth-order valence-corrected chi connectivity index (χ4v) is 3.22. The van der Waals surface area contributed by atoms with Crippen LogP contribution in [0.15, 0.2) is 30.3 Å². The molecule has 1 aliphatic heterocycles. The largest absolute Gasteiger partial charge is 0.330 e. The van der Waals surface area contributed by atoms with Crippen LogP contribution in [0.3, 0.4) is 0 Å². The van der Waals surface area contributed by atoms with E-state index in [9.17, 15) is 0 Å². The van der Waals surface area contributed by atoms with Gasteiger partial charge in [-0.1, -0.05) is 37.3 Å². The quantitative estimate of drug-likeness (QED) is 0.880. The Morgan fingerprint density at radius 1 is 1.26 bits per heavy atom. The molecule has 2 unspecified atom stereocenters. The molecule has 19 heavy (non-hydrogen) atoms. The highest BCUT2D eigenvalue weighted by Crippen LogP contribution is 2.25. The summed E-state index contributed by atoms with van der Waals surface area (Å²) in [6.07, 6.45) is 5.19. The highest BCUT2D eigenvalue weighted by molar-refractivity contribution is 5.14. The average Bonchev–Trinajstić information content (AvgIpc) is 2.60. The van der Waals surface area contributed by atoms with Crippen LogP contribution in [0.5, 0.6) is 0 Å². The summed E-state index contributed by atoms with van der Waals surface area (Å²) in [5.41, 5.74) is 7.10. The van der Waals surface area contributed by atoms with Gasteiger partial charge in [0.2, 0.25) is 0 Å². The van der Waals surface area contributed by atoms with Gasteiger partial charge >= 0.3 is 0 Å². The summed E-state index contributed by atoms with van der Waals surface area (Å²) >= 11 is 0. The van der Waals surface area contributed by atoms with E-state index >= 15 is 0 Å². The van der Waals surface area contributed by atoms with E-state index in [1.54, 1.807) is 0 Å². The van der Waals surface area contributed by atoms with Crippen molar-refractivity contribution in [2.75, 3.05) is 19.6 Å². The van der Waals surface area contributed by atoms with Crippen LogP contribution in [-0.4, -0.2) is 24.5 Å². The second-order valence-electron chi connectivity index (χ2n) is 6.15. The maximum atomic E-state index is 5.66. The average molecular weight is 260 g/mol. The van der Waals surface area contributed by atoms with E-state index in [0.717, 1.165) is 24.9 Å². The van der Waals surface area contributed by atoms with Gasteiger partial charge in [-0.25, -0.2) is 0 Å². The van der Waals surface area contributed by atoms with Crippen molar-refractivity contribution in [3.8, 4) is 0 Å². The summed E-state index contributed by atoms with van der Waals surface area (Å²) < 4.78 is 0. The van der Waals surface area contributed by atoms with E-state index in [1.165, 1.54) is 44.3 Å². The molecule has 1 heterocycles. The summed E-state index contributed by atoms with van der Waals surface area (Å²) in [7, 11) is 0. The van der Waals surface area contributed by atoms with E-state index in [1.807, 2.05) is 0 Å². The van der Waals surface area contributed by atoms with E-state index in [0.29, 0.717) is 0 Å². The van der Waals surface area contributed by atoms with Crippen molar-refractivity contribution < 1.29 is 0 Å². The van der Waals surface area contributed by atoms with Crippen LogP contribution in [0.25, 0.3) is 0 Å². The maximum Gasteiger partial charge on any atom is 0.0233 e. The second-order valence-corrected chi connectivity index (χ2v) is 6.15. The molecular formula is C17H28N2. The van der Waals surface area contributed by atoms with Gasteiger partial charge in [0.15, 0.2) is 0 Å². The van der Waals surface area contributed by atoms with Crippen molar-refractivity contribution in [3.05, 3.63) is 35.9 Å². The standard InChI is InChI=1S/C17H28N2/c1-15-9-11-19(13-16-6-3-2-4-7-16)14-17(12-15)8-5-10-18/h2-4,6-7,15,17H,5,8-14,18H2,1H3. The molecule has 106 valence electrons. The molecule has 2 heteroatoms. The van der Waals surface area contributed by atoms with Gasteiger partial charge in [0.1, 0.15) is 0 Å². The second kappa shape index (κ2) is 7.66. The Labute approximate surface area is 118 Å². The Hall–Kier alpha value is -0.860. The lowest BCUT2D eigenvalue weighted by molar-refractivity contribution is 0.234. The fraction of sp³-hybridized carbons (Fsp3) is 0.647. The molecule has 0 bridgehead atoms. The third-order valence-electron chi connectivity index (χ3n) is 4.26. The summed E-state index contributed by atoms with van der Waals surface area (Å²) in [6.45, 7) is 6.84. The van der Waals surface area contributed by atoms with Crippen molar-refractivity contribution in [2.24, 2.45) is 17.6 Å². The Balaban J connectivity index is 1.92. The smallest absolute Gasteiger partial charge is 0.0233 e. The molecule has 1 aliphatic rings.